The van der Waals surface area contributed by atoms with Crippen LogP contribution in [0.3, 0.4) is 0 Å². The topological polar surface area (TPSA) is 68.2 Å². The van der Waals surface area contributed by atoms with Crippen LogP contribution in [0.2, 0.25) is 0 Å². The van der Waals surface area contributed by atoms with Crippen LogP contribution >= 0.6 is 11.3 Å². The molecule has 1 heterocycles. The molecule has 0 aliphatic carbocycles. The van der Waals surface area contributed by atoms with Crippen molar-refractivity contribution in [1.29, 1.82) is 0 Å². The summed E-state index contributed by atoms with van der Waals surface area (Å²) < 4.78 is 30.5. The molecule has 132 valence electrons. The minimum atomic E-state index is -3.68. The van der Waals surface area contributed by atoms with E-state index in [2.05, 4.69) is 4.72 Å². The molecule has 1 atom stereocenters. The molecule has 5 nitrogen and oxygen atoms in total. The van der Waals surface area contributed by atoms with Crippen molar-refractivity contribution in [2.45, 2.75) is 31.2 Å². The summed E-state index contributed by atoms with van der Waals surface area (Å²) in [5, 5.41) is 0. The summed E-state index contributed by atoms with van der Waals surface area (Å²) in [5.41, 5.74) is 2.80. The molecular formula is C18H20N2O3S2. The Morgan fingerprint density at radius 3 is 2.48 bits per heavy atom. The summed E-state index contributed by atoms with van der Waals surface area (Å²) in [6.07, 6.45) is 0.642. The quantitative estimate of drug-likeness (QED) is 0.743. The van der Waals surface area contributed by atoms with E-state index in [4.69, 9.17) is 0 Å². The van der Waals surface area contributed by atoms with Crippen molar-refractivity contribution in [2.75, 3.05) is 0 Å². The van der Waals surface area contributed by atoms with Crippen LogP contribution in [0.5, 0.6) is 0 Å². The van der Waals surface area contributed by atoms with Crippen molar-refractivity contribution in [1.82, 2.24) is 9.29 Å². The number of fused-ring (bicyclic) bond motifs is 1. The first-order valence-corrected chi connectivity index (χ1v) is 10.3. The third-order valence-electron chi connectivity index (χ3n) is 4.26. The number of hydrogen-bond acceptors (Lipinski definition) is 4. The van der Waals surface area contributed by atoms with Crippen molar-refractivity contribution in [3.63, 3.8) is 0 Å². The lowest BCUT2D eigenvalue weighted by atomic mass is 10.0. The standard InChI is InChI=1S/C18H20N2O3S2/c1-4-15(13-7-5-12(2)6-8-13)19-25(22,23)14-9-10-16-17(11-14)24-18(21)20(16)3/h5-11,15,19H,4H2,1-3H3/t15-/m1/s1. The highest BCUT2D eigenvalue weighted by Gasteiger charge is 2.21. The van der Waals surface area contributed by atoms with E-state index >= 15 is 0 Å². The van der Waals surface area contributed by atoms with Crippen molar-refractivity contribution >= 4 is 31.6 Å². The van der Waals surface area contributed by atoms with E-state index in [1.54, 1.807) is 25.2 Å². The van der Waals surface area contributed by atoms with Gasteiger partial charge in [0.1, 0.15) is 0 Å². The zero-order chi connectivity index (χ0) is 18.2. The van der Waals surface area contributed by atoms with Gasteiger partial charge < -0.3 is 4.57 Å². The number of aryl methyl sites for hydroxylation is 2. The SMILES string of the molecule is CC[C@@H](NS(=O)(=O)c1ccc2c(c1)sc(=O)n2C)c1ccc(C)cc1. The molecule has 0 fully saturated rings. The molecule has 3 aromatic rings. The Bertz CT molecular complexity index is 1060. The Morgan fingerprint density at radius 2 is 1.84 bits per heavy atom. The van der Waals surface area contributed by atoms with Gasteiger partial charge in [0.05, 0.1) is 15.1 Å². The molecule has 0 unspecified atom stereocenters. The Labute approximate surface area is 151 Å². The van der Waals surface area contributed by atoms with Gasteiger partial charge in [-0.2, -0.15) is 0 Å². The Morgan fingerprint density at radius 1 is 1.16 bits per heavy atom. The maximum atomic E-state index is 12.8. The van der Waals surface area contributed by atoms with Gasteiger partial charge in [0.15, 0.2) is 0 Å². The van der Waals surface area contributed by atoms with Gasteiger partial charge in [0.25, 0.3) is 0 Å². The Kier molecular flexibility index (Phi) is 4.81. The minimum Gasteiger partial charge on any atom is -0.302 e. The first kappa shape index (κ1) is 17.8. The van der Waals surface area contributed by atoms with Crippen molar-refractivity contribution in [3.8, 4) is 0 Å². The van der Waals surface area contributed by atoms with E-state index in [0.29, 0.717) is 11.1 Å². The van der Waals surface area contributed by atoms with Crippen LogP contribution in [0, 0.1) is 6.92 Å². The molecule has 0 amide bonds. The highest BCUT2D eigenvalue weighted by molar-refractivity contribution is 7.89. The summed E-state index contributed by atoms with van der Waals surface area (Å²) in [6.45, 7) is 3.94. The van der Waals surface area contributed by atoms with Gasteiger partial charge >= 0.3 is 4.87 Å². The van der Waals surface area contributed by atoms with Crippen LogP contribution < -0.4 is 9.60 Å². The maximum absolute atomic E-state index is 12.8. The molecule has 3 rings (SSSR count). The molecule has 0 aliphatic rings. The molecule has 1 N–H and O–H groups in total. The van der Waals surface area contributed by atoms with E-state index in [0.717, 1.165) is 28.0 Å². The zero-order valence-electron chi connectivity index (χ0n) is 14.3. The number of nitrogens with one attached hydrogen (secondary N) is 1. The fourth-order valence-electron chi connectivity index (χ4n) is 2.72. The van der Waals surface area contributed by atoms with Gasteiger partial charge in [-0.15, -0.1) is 0 Å². The lowest BCUT2D eigenvalue weighted by Gasteiger charge is -2.18. The van der Waals surface area contributed by atoms with Crippen LogP contribution in [-0.4, -0.2) is 13.0 Å². The van der Waals surface area contributed by atoms with E-state index in [-0.39, 0.29) is 15.8 Å². The molecule has 0 bridgehead atoms. The molecule has 0 spiro atoms. The summed E-state index contributed by atoms with van der Waals surface area (Å²) in [5.74, 6) is 0. The van der Waals surface area contributed by atoms with Gasteiger partial charge in [-0.05, 0) is 37.1 Å². The maximum Gasteiger partial charge on any atom is 0.307 e. The molecule has 2 aromatic carbocycles. The number of nitrogens with zero attached hydrogens (tertiary/aromatic N) is 1. The van der Waals surface area contributed by atoms with E-state index < -0.39 is 10.0 Å². The van der Waals surface area contributed by atoms with Gasteiger partial charge in [0, 0.05) is 13.1 Å². The predicted molar refractivity (Wildman–Crippen MR) is 102 cm³/mol. The Hall–Kier alpha value is -1.96. The van der Waals surface area contributed by atoms with Crippen molar-refractivity contribution < 1.29 is 8.42 Å². The molecule has 0 aliphatic heterocycles. The molecule has 0 radical (unpaired) electrons. The van der Waals surface area contributed by atoms with E-state index in [9.17, 15) is 13.2 Å². The monoisotopic (exact) mass is 376 g/mol. The highest BCUT2D eigenvalue weighted by atomic mass is 32.2. The number of benzene rings is 2. The first-order chi connectivity index (χ1) is 11.8. The third kappa shape index (κ3) is 3.53. The van der Waals surface area contributed by atoms with Crippen LogP contribution in [0.15, 0.2) is 52.2 Å². The fraction of sp³-hybridized carbons (Fsp3) is 0.278. The van der Waals surface area contributed by atoms with Gasteiger partial charge in [0.2, 0.25) is 10.0 Å². The summed E-state index contributed by atoms with van der Waals surface area (Å²) in [6, 6.07) is 12.3. The molecule has 1 aromatic heterocycles. The second-order valence-corrected chi connectivity index (χ2v) is 8.76. The van der Waals surface area contributed by atoms with E-state index in [1.807, 2.05) is 38.1 Å². The van der Waals surface area contributed by atoms with Crippen LogP contribution in [0.4, 0.5) is 0 Å². The molecule has 0 saturated carbocycles. The fourth-order valence-corrected chi connectivity index (χ4v) is 5.05. The zero-order valence-corrected chi connectivity index (χ0v) is 15.9. The highest BCUT2D eigenvalue weighted by Crippen LogP contribution is 2.24. The molecule has 0 saturated heterocycles. The smallest absolute Gasteiger partial charge is 0.302 e. The van der Waals surface area contributed by atoms with Gasteiger partial charge in [-0.25, -0.2) is 13.1 Å². The number of hydrogen-bond donors (Lipinski definition) is 1. The van der Waals surface area contributed by atoms with Crippen LogP contribution in [-0.2, 0) is 17.1 Å². The number of rotatable bonds is 5. The number of aromatic nitrogens is 1. The number of thiazole rings is 1. The summed E-state index contributed by atoms with van der Waals surface area (Å²) in [4.78, 5) is 11.8. The largest absolute Gasteiger partial charge is 0.307 e. The van der Waals surface area contributed by atoms with Crippen LogP contribution in [0.25, 0.3) is 10.2 Å². The van der Waals surface area contributed by atoms with Gasteiger partial charge in [-0.3, -0.25) is 4.79 Å². The van der Waals surface area contributed by atoms with Crippen LogP contribution in [0.1, 0.15) is 30.5 Å². The summed E-state index contributed by atoms with van der Waals surface area (Å²) >= 11 is 1.05. The number of sulfonamides is 1. The van der Waals surface area contributed by atoms with Crippen molar-refractivity contribution in [2.24, 2.45) is 7.05 Å². The molecule has 25 heavy (non-hydrogen) atoms. The first-order valence-electron chi connectivity index (χ1n) is 8.00. The normalized spacial score (nSPS) is 13.2. The van der Waals surface area contributed by atoms with Gasteiger partial charge in [-0.1, -0.05) is 48.1 Å². The Balaban J connectivity index is 1.95. The van der Waals surface area contributed by atoms with E-state index in [1.165, 1.54) is 4.57 Å². The third-order valence-corrected chi connectivity index (χ3v) is 6.72. The second kappa shape index (κ2) is 6.74. The minimum absolute atomic E-state index is 0.108. The predicted octanol–water partition coefficient (Wildman–Crippen LogP) is 3.34. The molecule has 7 heteroatoms. The average Bonchev–Trinajstić information content (AvgIpc) is 2.87. The summed E-state index contributed by atoms with van der Waals surface area (Å²) in [7, 11) is -2.00. The average molecular weight is 377 g/mol. The second-order valence-electron chi connectivity index (χ2n) is 6.05. The lowest BCUT2D eigenvalue weighted by molar-refractivity contribution is 0.550. The van der Waals surface area contributed by atoms with Crippen molar-refractivity contribution in [3.05, 3.63) is 63.3 Å². The molecular weight excluding hydrogens is 356 g/mol. The lowest BCUT2D eigenvalue weighted by Crippen LogP contribution is -2.28.